The van der Waals surface area contributed by atoms with Crippen molar-refractivity contribution >= 4 is 27.5 Å². The van der Waals surface area contributed by atoms with Crippen LogP contribution in [-0.4, -0.2) is 73.1 Å². The molecule has 2 N–H and O–H groups in total. The lowest BCUT2D eigenvalue weighted by Crippen LogP contribution is -2.51. The van der Waals surface area contributed by atoms with E-state index >= 15 is 0 Å². The molecular formula is C30H33F4N5O7S. The highest BCUT2D eigenvalue weighted by molar-refractivity contribution is 7.91. The van der Waals surface area contributed by atoms with Gasteiger partial charge >= 0.3 is 12.2 Å². The zero-order valence-corrected chi connectivity index (χ0v) is 26.7. The summed E-state index contributed by atoms with van der Waals surface area (Å²) >= 11 is 0. The second kappa shape index (κ2) is 12.4. The molecule has 1 unspecified atom stereocenters. The highest BCUT2D eigenvalue weighted by atomic mass is 32.2. The highest BCUT2D eigenvalue weighted by Crippen LogP contribution is 2.37. The average Bonchev–Trinajstić information content (AvgIpc) is 3.42. The van der Waals surface area contributed by atoms with Crippen molar-refractivity contribution in [2.24, 2.45) is 0 Å². The molecule has 2 aliphatic rings. The predicted octanol–water partition coefficient (Wildman–Crippen LogP) is 4.65. The van der Waals surface area contributed by atoms with Crippen LogP contribution in [0.2, 0.25) is 0 Å². The molecule has 12 nitrogen and oxygen atoms in total. The van der Waals surface area contributed by atoms with Crippen molar-refractivity contribution in [3.63, 3.8) is 0 Å². The number of sulfone groups is 1. The smallest absolute Gasteiger partial charge is 0.408 e. The van der Waals surface area contributed by atoms with E-state index in [0.717, 1.165) is 4.90 Å². The number of carbonyl (C=O) groups is 2. The van der Waals surface area contributed by atoms with Crippen LogP contribution in [-0.2, 0) is 25.9 Å². The molecule has 3 aromatic rings. The number of halogens is 4. The first kappa shape index (κ1) is 34.1. The number of piperidine rings is 1. The van der Waals surface area contributed by atoms with Crippen LogP contribution in [0.25, 0.3) is 11.5 Å². The van der Waals surface area contributed by atoms with Gasteiger partial charge in [0.25, 0.3) is 11.8 Å². The number of rotatable bonds is 7. The van der Waals surface area contributed by atoms with E-state index in [1.54, 1.807) is 20.8 Å². The molecule has 2 amide bonds. The van der Waals surface area contributed by atoms with E-state index in [1.807, 2.05) is 0 Å². The fourth-order valence-electron chi connectivity index (χ4n) is 5.21. The van der Waals surface area contributed by atoms with Crippen molar-refractivity contribution in [1.29, 1.82) is 0 Å². The van der Waals surface area contributed by atoms with E-state index in [-0.39, 0.29) is 46.8 Å². The maximum Gasteiger partial charge on any atom is 0.408 e. The summed E-state index contributed by atoms with van der Waals surface area (Å²) in [4.78, 5) is 27.5. The number of aromatic nitrogens is 2. The van der Waals surface area contributed by atoms with Crippen molar-refractivity contribution in [1.82, 2.24) is 20.8 Å². The molecule has 0 bridgehead atoms. The predicted molar refractivity (Wildman–Crippen MR) is 159 cm³/mol. The number of benzene rings is 2. The molecule has 5 rings (SSSR count). The van der Waals surface area contributed by atoms with Crippen LogP contribution in [0, 0.1) is 0 Å². The zero-order chi connectivity index (χ0) is 34.4. The van der Waals surface area contributed by atoms with Crippen molar-refractivity contribution in [3.05, 3.63) is 53.9 Å². The molecule has 1 aromatic heterocycles. The Labute approximate surface area is 267 Å². The number of alkyl carbamates (subject to hydrolysis) is 1. The average molecular weight is 684 g/mol. The van der Waals surface area contributed by atoms with Crippen molar-refractivity contribution in [2.75, 3.05) is 23.7 Å². The molecule has 1 fully saturated rings. The summed E-state index contributed by atoms with van der Waals surface area (Å²) in [5, 5.41) is 12.9. The van der Waals surface area contributed by atoms with Gasteiger partial charge in [-0.2, -0.15) is 8.78 Å². The Morgan fingerprint density at radius 2 is 1.83 bits per heavy atom. The molecule has 0 saturated carbocycles. The molecule has 17 heteroatoms. The van der Waals surface area contributed by atoms with E-state index in [9.17, 15) is 35.6 Å². The maximum absolute atomic E-state index is 14.0. The fraction of sp³-hybridized carbons (Fsp3) is 0.467. The summed E-state index contributed by atoms with van der Waals surface area (Å²) in [7, 11) is -4.22. The number of fused-ring (bicyclic) bond motifs is 1. The van der Waals surface area contributed by atoms with Crippen LogP contribution in [0.4, 0.5) is 28.0 Å². The molecule has 2 aliphatic heterocycles. The SMILES string of the molecule is CC(C)(C)OC(=O)N[C@H]1CS(=O)(=O)c2ccc(-c3nnc(C4CNCC(F)(F)C4)o3)cc2N(Cc2ccc(OC(C)(F)F)cc2)C1=O. The van der Waals surface area contributed by atoms with Gasteiger partial charge in [-0.25, -0.2) is 22.0 Å². The fourth-order valence-corrected chi connectivity index (χ4v) is 6.81. The number of hydrogen-bond donors (Lipinski definition) is 2. The Morgan fingerprint density at radius 1 is 1.13 bits per heavy atom. The second-order valence-corrected chi connectivity index (χ2v) is 14.5. The first-order chi connectivity index (χ1) is 21.8. The van der Waals surface area contributed by atoms with Crippen LogP contribution < -0.4 is 20.3 Å². The molecule has 0 aliphatic carbocycles. The van der Waals surface area contributed by atoms with E-state index in [4.69, 9.17) is 9.15 Å². The molecule has 0 radical (unpaired) electrons. The summed E-state index contributed by atoms with van der Waals surface area (Å²) in [5.41, 5.74) is -0.437. The number of amides is 2. The van der Waals surface area contributed by atoms with Crippen molar-refractivity contribution in [2.45, 2.75) is 75.1 Å². The van der Waals surface area contributed by atoms with Gasteiger partial charge in [0.1, 0.15) is 17.4 Å². The van der Waals surface area contributed by atoms with E-state index < -0.39 is 70.1 Å². The molecule has 1 saturated heterocycles. The molecule has 2 atom stereocenters. The van der Waals surface area contributed by atoms with Crippen LogP contribution in [0.5, 0.6) is 5.75 Å². The number of anilines is 1. The van der Waals surface area contributed by atoms with Gasteiger partial charge in [-0.1, -0.05) is 12.1 Å². The third kappa shape index (κ3) is 8.38. The third-order valence-corrected chi connectivity index (χ3v) is 8.93. The van der Waals surface area contributed by atoms with Gasteiger partial charge in [-0.3, -0.25) is 4.79 Å². The minimum Gasteiger partial charge on any atom is -0.444 e. The van der Waals surface area contributed by atoms with Crippen LogP contribution in [0.1, 0.15) is 51.5 Å². The summed E-state index contributed by atoms with van der Waals surface area (Å²) < 4.78 is 97.5. The third-order valence-electron chi connectivity index (χ3n) is 7.14. The lowest BCUT2D eigenvalue weighted by molar-refractivity contribution is -0.159. The minimum atomic E-state index is -4.22. The first-order valence-corrected chi connectivity index (χ1v) is 16.2. The van der Waals surface area contributed by atoms with Gasteiger partial charge in [0.2, 0.25) is 11.8 Å². The summed E-state index contributed by atoms with van der Waals surface area (Å²) in [6.45, 7) is 4.84. The zero-order valence-electron chi connectivity index (χ0n) is 25.9. The van der Waals surface area contributed by atoms with Gasteiger partial charge in [0.15, 0.2) is 9.84 Å². The monoisotopic (exact) mass is 683 g/mol. The number of carbonyl (C=O) groups excluding carboxylic acids is 2. The first-order valence-electron chi connectivity index (χ1n) is 14.5. The topological polar surface area (TPSA) is 153 Å². The van der Waals surface area contributed by atoms with Gasteiger partial charge in [0, 0.05) is 25.5 Å². The van der Waals surface area contributed by atoms with Crippen molar-refractivity contribution in [3.8, 4) is 17.2 Å². The number of ether oxygens (including phenoxy) is 2. The molecule has 47 heavy (non-hydrogen) atoms. The number of alkyl halides is 4. The Morgan fingerprint density at radius 3 is 2.47 bits per heavy atom. The van der Waals surface area contributed by atoms with Crippen LogP contribution in [0.15, 0.2) is 51.8 Å². The summed E-state index contributed by atoms with van der Waals surface area (Å²) in [5.74, 6) is -5.62. The lowest BCUT2D eigenvalue weighted by atomic mass is 9.97. The van der Waals surface area contributed by atoms with Gasteiger partial charge in [-0.05, 0) is 56.7 Å². The van der Waals surface area contributed by atoms with Crippen LogP contribution in [0.3, 0.4) is 0 Å². The van der Waals surface area contributed by atoms with Crippen LogP contribution >= 0.6 is 0 Å². The number of nitrogens with zero attached hydrogens (tertiary/aromatic N) is 3. The highest BCUT2D eigenvalue weighted by Gasteiger charge is 2.41. The lowest BCUT2D eigenvalue weighted by Gasteiger charge is -2.27. The summed E-state index contributed by atoms with van der Waals surface area (Å²) in [6.07, 6.45) is -4.95. The molecule has 0 spiro atoms. The minimum absolute atomic E-state index is 0.0380. The molecule has 254 valence electrons. The maximum atomic E-state index is 14.0. The van der Waals surface area contributed by atoms with E-state index in [2.05, 4.69) is 25.6 Å². The largest absolute Gasteiger partial charge is 0.444 e. The van der Waals surface area contributed by atoms with E-state index in [0.29, 0.717) is 12.5 Å². The summed E-state index contributed by atoms with van der Waals surface area (Å²) in [6, 6.07) is 7.77. The molecule has 2 aromatic carbocycles. The quantitative estimate of drug-likeness (QED) is 0.337. The number of nitrogens with one attached hydrogen (secondary N) is 2. The molecular weight excluding hydrogens is 650 g/mol. The Bertz CT molecular complexity index is 1750. The standard InChI is InChI=1S/C30H33F4N5O7S/c1-28(2,3)46-27(41)36-21-15-47(42,43)23-10-7-18(24-37-38-25(44-24)19-12-30(33,34)16-35-13-19)11-22(23)39(26(21)40)14-17-5-8-20(9-6-17)45-29(4,31)32/h5-11,19,21,35H,12-16H2,1-4H3,(H,36,41)/t19?,21-/m0/s1. The Balaban J connectivity index is 1.53. The normalized spacial score (nSPS) is 21.0. The Kier molecular flexibility index (Phi) is 9.00. The van der Waals surface area contributed by atoms with Gasteiger partial charge < -0.3 is 29.4 Å². The Hall–Kier alpha value is -4.25. The second-order valence-electron chi connectivity index (χ2n) is 12.5. The van der Waals surface area contributed by atoms with E-state index in [1.165, 1.54) is 42.5 Å². The number of hydrogen-bond acceptors (Lipinski definition) is 10. The molecule has 3 heterocycles. The van der Waals surface area contributed by atoms with Gasteiger partial charge in [-0.15, -0.1) is 10.2 Å². The van der Waals surface area contributed by atoms with Crippen molar-refractivity contribution < 1.29 is 49.5 Å². The van der Waals surface area contributed by atoms with Gasteiger partial charge in [0.05, 0.1) is 35.3 Å².